The lowest BCUT2D eigenvalue weighted by atomic mass is 10.1. The summed E-state index contributed by atoms with van der Waals surface area (Å²) in [6.45, 7) is 0.957. The van der Waals surface area contributed by atoms with Gasteiger partial charge in [-0.25, -0.2) is 4.79 Å². The number of anilines is 2. The zero-order chi connectivity index (χ0) is 21.1. The van der Waals surface area contributed by atoms with E-state index in [4.69, 9.17) is 23.2 Å². The number of fused-ring (bicyclic) bond motifs is 1. The molecule has 1 aliphatic rings. The lowest BCUT2D eigenvalue weighted by Crippen LogP contribution is -2.29. The maximum absolute atomic E-state index is 12.9. The van der Waals surface area contributed by atoms with Crippen molar-refractivity contribution in [3.63, 3.8) is 0 Å². The second kappa shape index (κ2) is 8.78. The van der Waals surface area contributed by atoms with Crippen LogP contribution in [-0.4, -0.2) is 18.5 Å². The van der Waals surface area contributed by atoms with E-state index < -0.39 is 6.03 Å². The van der Waals surface area contributed by atoms with E-state index in [1.165, 1.54) is 0 Å². The lowest BCUT2D eigenvalue weighted by molar-refractivity contribution is 0.0989. The third-order valence-corrected chi connectivity index (χ3v) is 5.51. The second-order valence-corrected chi connectivity index (χ2v) is 7.81. The molecular formula is C23H19Cl2N3O2. The summed E-state index contributed by atoms with van der Waals surface area (Å²) < 4.78 is 0. The van der Waals surface area contributed by atoms with Crippen molar-refractivity contribution in [2.45, 2.75) is 13.0 Å². The van der Waals surface area contributed by atoms with Crippen molar-refractivity contribution in [1.82, 2.24) is 5.32 Å². The van der Waals surface area contributed by atoms with E-state index in [-0.39, 0.29) is 5.91 Å². The highest BCUT2D eigenvalue weighted by molar-refractivity contribution is 6.35. The summed E-state index contributed by atoms with van der Waals surface area (Å²) in [6, 6.07) is 19.6. The predicted octanol–water partition coefficient (Wildman–Crippen LogP) is 5.52. The zero-order valence-electron chi connectivity index (χ0n) is 16.0. The Hall–Kier alpha value is -3.02. The number of hydrogen-bond donors (Lipinski definition) is 2. The molecule has 4 rings (SSSR count). The predicted molar refractivity (Wildman–Crippen MR) is 121 cm³/mol. The van der Waals surface area contributed by atoms with Crippen molar-refractivity contribution in [1.29, 1.82) is 0 Å². The summed E-state index contributed by atoms with van der Waals surface area (Å²) in [5, 5.41) is 6.38. The molecule has 30 heavy (non-hydrogen) atoms. The molecule has 1 heterocycles. The van der Waals surface area contributed by atoms with Crippen LogP contribution in [0, 0.1) is 0 Å². The summed E-state index contributed by atoms with van der Waals surface area (Å²) >= 11 is 12.0. The van der Waals surface area contributed by atoms with Crippen LogP contribution in [0.5, 0.6) is 0 Å². The van der Waals surface area contributed by atoms with Crippen LogP contribution in [0.3, 0.4) is 0 Å². The first kappa shape index (κ1) is 20.3. The number of amides is 3. The fourth-order valence-corrected chi connectivity index (χ4v) is 3.76. The van der Waals surface area contributed by atoms with Crippen LogP contribution in [-0.2, 0) is 13.0 Å². The topological polar surface area (TPSA) is 61.4 Å². The Labute approximate surface area is 184 Å². The molecule has 1 aliphatic heterocycles. The summed E-state index contributed by atoms with van der Waals surface area (Å²) in [6.07, 6.45) is 0.815. The van der Waals surface area contributed by atoms with Gasteiger partial charge in [-0.1, -0.05) is 53.5 Å². The van der Waals surface area contributed by atoms with Gasteiger partial charge in [-0.2, -0.15) is 0 Å². The Bertz CT molecular complexity index is 1100. The van der Waals surface area contributed by atoms with Crippen molar-refractivity contribution in [3.05, 3.63) is 93.5 Å². The Morgan fingerprint density at radius 1 is 0.967 bits per heavy atom. The summed E-state index contributed by atoms with van der Waals surface area (Å²) in [7, 11) is 0. The molecule has 5 nitrogen and oxygen atoms in total. The number of rotatable bonds is 4. The molecule has 0 bridgehead atoms. The van der Waals surface area contributed by atoms with Gasteiger partial charge in [0.2, 0.25) is 0 Å². The van der Waals surface area contributed by atoms with Crippen LogP contribution in [0.1, 0.15) is 21.5 Å². The van der Waals surface area contributed by atoms with Gasteiger partial charge in [-0.3, -0.25) is 4.79 Å². The number of nitrogens with one attached hydrogen (secondary N) is 2. The average molecular weight is 440 g/mol. The van der Waals surface area contributed by atoms with Crippen LogP contribution in [0.15, 0.2) is 66.7 Å². The molecule has 0 aliphatic carbocycles. The highest BCUT2D eigenvalue weighted by Crippen LogP contribution is 2.30. The Kier molecular flexibility index (Phi) is 5.93. The van der Waals surface area contributed by atoms with Crippen LogP contribution < -0.4 is 15.5 Å². The van der Waals surface area contributed by atoms with E-state index in [1.807, 2.05) is 48.5 Å². The van der Waals surface area contributed by atoms with E-state index in [2.05, 4.69) is 10.6 Å². The van der Waals surface area contributed by atoms with E-state index in [0.717, 1.165) is 23.2 Å². The Balaban J connectivity index is 1.43. The summed E-state index contributed by atoms with van der Waals surface area (Å²) in [5.74, 6) is -0.0206. The molecule has 0 fully saturated rings. The van der Waals surface area contributed by atoms with E-state index in [1.54, 1.807) is 23.1 Å². The standard InChI is InChI=1S/C23H19Cl2N3O2/c24-18-8-9-19(25)20(13-18)27-23(30)26-14-15-6-7-16-10-11-28(21(16)12-15)22(29)17-4-2-1-3-5-17/h1-9,12-13H,10-11,14H2,(H2,26,27,30). The number of carbonyl (C=O) groups excluding carboxylic acids is 2. The number of hydrogen-bond acceptors (Lipinski definition) is 2. The van der Waals surface area contributed by atoms with Crippen LogP contribution in [0.2, 0.25) is 10.0 Å². The molecule has 0 saturated heterocycles. The minimum absolute atomic E-state index is 0.0206. The number of nitrogens with zero attached hydrogens (tertiary/aromatic N) is 1. The highest BCUT2D eigenvalue weighted by atomic mass is 35.5. The van der Waals surface area contributed by atoms with Crippen LogP contribution >= 0.6 is 23.2 Å². The minimum atomic E-state index is -0.392. The highest BCUT2D eigenvalue weighted by Gasteiger charge is 2.25. The van der Waals surface area contributed by atoms with Gasteiger partial charge in [-0.15, -0.1) is 0 Å². The molecule has 3 aromatic rings. The summed E-state index contributed by atoms with van der Waals surface area (Å²) in [5.41, 5.74) is 4.01. The maximum atomic E-state index is 12.9. The number of halogens is 2. The lowest BCUT2D eigenvalue weighted by Gasteiger charge is -2.18. The van der Waals surface area contributed by atoms with Crippen molar-refractivity contribution in [3.8, 4) is 0 Å². The normalized spacial score (nSPS) is 12.4. The smallest absolute Gasteiger partial charge is 0.319 e. The first-order chi connectivity index (χ1) is 14.5. The van der Waals surface area contributed by atoms with Crippen molar-refractivity contribution < 1.29 is 9.59 Å². The molecule has 0 spiro atoms. The van der Waals surface area contributed by atoms with Crippen LogP contribution in [0.25, 0.3) is 0 Å². The van der Waals surface area contributed by atoms with E-state index >= 15 is 0 Å². The van der Waals surface area contributed by atoms with Crippen molar-refractivity contribution >= 4 is 46.5 Å². The third kappa shape index (κ3) is 4.42. The van der Waals surface area contributed by atoms with Gasteiger partial charge in [0.15, 0.2) is 0 Å². The van der Waals surface area contributed by atoms with Gasteiger partial charge in [-0.05, 0) is 53.9 Å². The van der Waals surface area contributed by atoms with Gasteiger partial charge < -0.3 is 15.5 Å². The fraction of sp³-hybridized carbons (Fsp3) is 0.130. The van der Waals surface area contributed by atoms with Crippen molar-refractivity contribution in [2.24, 2.45) is 0 Å². The first-order valence-electron chi connectivity index (χ1n) is 9.50. The van der Waals surface area contributed by atoms with Gasteiger partial charge in [0.25, 0.3) is 5.91 Å². The largest absolute Gasteiger partial charge is 0.334 e. The van der Waals surface area contributed by atoms with Gasteiger partial charge in [0, 0.05) is 29.4 Å². The first-order valence-corrected chi connectivity index (χ1v) is 10.3. The Morgan fingerprint density at radius 2 is 1.77 bits per heavy atom. The zero-order valence-corrected chi connectivity index (χ0v) is 17.5. The molecule has 0 aromatic heterocycles. The third-order valence-electron chi connectivity index (χ3n) is 4.94. The van der Waals surface area contributed by atoms with E-state index in [0.29, 0.717) is 34.4 Å². The van der Waals surface area contributed by atoms with Crippen LogP contribution in [0.4, 0.5) is 16.2 Å². The van der Waals surface area contributed by atoms with Crippen molar-refractivity contribution in [2.75, 3.05) is 16.8 Å². The molecule has 2 N–H and O–H groups in total. The van der Waals surface area contributed by atoms with Gasteiger partial charge in [0.05, 0.1) is 10.7 Å². The quantitative estimate of drug-likeness (QED) is 0.562. The second-order valence-electron chi connectivity index (χ2n) is 6.97. The maximum Gasteiger partial charge on any atom is 0.319 e. The Morgan fingerprint density at radius 3 is 2.57 bits per heavy atom. The van der Waals surface area contributed by atoms with E-state index in [9.17, 15) is 9.59 Å². The number of carbonyl (C=O) groups is 2. The molecule has 3 amide bonds. The fourth-order valence-electron chi connectivity index (χ4n) is 3.42. The summed E-state index contributed by atoms with van der Waals surface area (Å²) in [4.78, 5) is 26.9. The average Bonchev–Trinajstić information content (AvgIpc) is 3.18. The minimum Gasteiger partial charge on any atom is -0.334 e. The van der Waals surface area contributed by atoms with Gasteiger partial charge >= 0.3 is 6.03 Å². The monoisotopic (exact) mass is 439 g/mol. The molecule has 0 atom stereocenters. The molecular weight excluding hydrogens is 421 g/mol. The number of urea groups is 1. The molecule has 0 unspecified atom stereocenters. The SMILES string of the molecule is O=C(NCc1ccc2c(c1)N(C(=O)c1ccccc1)CC2)Nc1cc(Cl)ccc1Cl. The molecule has 152 valence electrons. The number of benzene rings is 3. The van der Waals surface area contributed by atoms with Gasteiger partial charge in [0.1, 0.15) is 0 Å². The molecule has 7 heteroatoms. The molecule has 0 saturated carbocycles. The molecule has 3 aromatic carbocycles. The molecule has 0 radical (unpaired) electrons.